The van der Waals surface area contributed by atoms with Gasteiger partial charge in [-0.1, -0.05) is 13.8 Å². The van der Waals surface area contributed by atoms with Gasteiger partial charge < -0.3 is 4.74 Å². The van der Waals surface area contributed by atoms with Crippen molar-refractivity contribution in [3.8, 4) is 0 Å². The summed E-state index contributed by atoms with van der Waals surface area (Å²) in [6, 6.07) is 0.744. The second-order valence-electron chi connectivity index (χ2n) is 4.43. The molecule has 1 atom stereocenters. The van der Waals surface area contributed by atoms with Gasteiger partial charge in [-0.25, -0.2) is 0 Å². The molecular formula is C11H21NO. The van der Waals surface area contributed by atoms with Gasteiger partial charge in [0.2, 0.25) is 0 Å². The van der Waals surface area contributed by atoms with E-state index in [0.717, 1.165) is 31.4 Å². The van der Waals surface area contributed by atoms with E-state index in [9.17, 15) is 0 Å². The Bertz CT molecular complexity index is 173. The number of hydrogen-bond donors (Lipinski definition) is 1. The topological polar surface area (TPSA) is 21.3 Å². The Morgan fingerprint density at radius 2 is 1.92 bits per heavy atom. The average Bonchev–Trinajstić information content (AvgIpc) is 3.01. The van der Waals surface area contributed by atoms with Crippen LogP contribution in [0, 0.1) is 5.92 Å². The summed E-state index contributed by atoms with van der Waals surface area (Å²) >= 11 is 0. The SMILES string of the molecule is CCC1(CC)NC(C2CC2)CCO1. The first kappa shape index (κ1) is 9.47. The van der Waals surface area contributed by atoms with E-state index in [1.165, 1.54) is 19.3 Å². The molecule has 0 amide bonds. The molecule has 0 aromatic rings. The molecule has 1 heterocycles. The van der Waals surface area contributed by atoms with Gasteiger partial charge in [-0.2, -0.15) is 0 Å². The molecule has 0 bridgehead atoms. The van der Waals surface area contributed by atoms with Crippen LogP contribution in [-0.4, -0.2) is 18.4 Å². The third-order valence-corrected chi connectivity index (χ3v) is 3.59. The number of ether oxygens (including phenoxy) is 1. The fraction of sp³-hybridized carbons (Fsp3) is 1.00. The molecule has 0 aromatic carbocycles. The number of rotatable bonds is 3. The van der Waals surface area contributed by atoms with E-state index >= 15 is 0 Å². The summed E-state index contributed by atoms with van der Waals surface area (Å²) in [5.74, 6) is 0.960. The summed E-state index contributed by atoms with van der Waals surface area (Å²) < 4.78 is 5.86. The summed E-state index contributed by atoms with van der Waals surface area (Å²) in [6.07, 6.45) is 6.26. The van der Waals surface area contributed by atoms with Crippen LogP contribution in [0.25, 0.3) is 0 Å². The second-order valence-corrected chi connectivity index (χ2v) is 4.43. The molecule has 13 heavy (non-hydrogen) atoms. The van der Waals surface area contributed by atoms with Crippen LogP contribution in [0.5, 0.6) is 0 Å². The quantitative estimate of drug-likeness (QED) is 0.725. The molecule has 0 spiro atoms. The minimum absolute atomic E-state index is 0.00546. The number of nitrogens with one attached hydrogen (secondary N) is 1. The monoisotopic (exact) mass is 183 g/mol. The summed E-state index contributed by atoms with van der Waals surface area (Å²) in [7, 11) is 0. The standard InChI is InChI=1S/C11H21NO/c1-3-11(4-2)12-10(7-8-13-11)9-5-6-9/h9-10,12H,3-8H2,1-2H3. The minimum atomic E-state index is 0.00546. The molecule has 2 heteroatoms. The molecule has 1 saturated heterocycles. The van der Waals surface area contributed by atoms with Gasteiger partial charge in [0, 0.05) is 6.04 Å². The Kier molecular flexibility index (Phi) is 2.61. The predicted octanol–water partition coefficient (Wildman–Crippen LogP) is 2.29. The highest BCUT2D eigenvalue weighted by Crippen LogP contribution is 2.37. The zero-order valence-corrected chi connectivity index (χ0v) is 8.81. The van der Waals surface area contributed by atoms with Crippen molar-refractivity contribution in [2.24, 2.45) is 5.92 Å². The lowest BCUT2D eigenvalue weighted by molar-refractivity contribution is -0.117. The lowest BCUT2D eigenvalue weighted by atomic mass is 9.99. The fourth-order valence-corrected chi connectivity index (χ4v) is 2.34. The molecule has 76 valence electrons. The van der Waals surface area contributed by atoms with E-state index in [1.54, 1.807) is 0 Å². The first-order valence-electron chi connectivity index (χ1n) is 5.71. The van der Waals surface area contributed by atoms with Crippen LogP contribution in [0.15, 0.2) is 0 Å². The molecule has 2 aliphatic rings. The summed E-state index contributed by atoms with van der Waals surface area (Å²) in [5.41, 5.74) is 0.00546. The van der Waals surface area contributed by atoms with Crippen LogP contribution in [0.4, 0.5) is 0 Å². The molecule has 1 aliphatic heterocycles. The van der Waals surface area contributed by atoms with Crippen molar-refractivity contribution in [1.82, 2.24) is 5.32 Å². The van der Waals surface area contributed by atoms with E-state index < -0.39 is 0 Å². The van der Waals surface area contributed by atoms with Crippen molar-refractivity contribution in [3.05, 3.63) is 0 Å². The van der Waals surface area contributed by atoms with E-state index in [0.29, 0.717) is 0 Å². The lowest BCUT2D eigenvalue weighted by Gasteiger charge is -2.41. The molecular weight excluding hydrogens is 162 g/mol. The van der Waals surface area contributed by atoms with Crippen LogP contribution in [0.3, 0.4) is 0 Å². The van der Waals surface area contributed by atoms with Crippen LogP contribution < -0.4 is 5.32 Å². The Balaban J connectivity index is 1.96. The summed E-state index contributed by atoms with van der Waals surface area (Å²) in [6.45, 7) is 5.38. The van der Waals surface area contributed by atoms with Crippen molar-refractivity contribution >= 4 is 0 Å². The van der Waals surface area contributed by atoms with Gasteiger partial charge in [-0.3, -0.25) is 5.32 Å². The van der Waals surface area contributed by atoms with Gasteiger partial charge in [0.1, 0.15) is 5.72 Å². The molecule has 0 radical (unpaired) electrons. The molecule has 1 N–H and O–H groups in total. The molecule has 1 aliphatic carbocycles. The van der Waals surface area contributed by atoms with Gasteiger partial charge in [0.25, 0.3) is 0 Å². The van der Waals surface area contributed by atoms with E-state index in [4.69, 9.17) is 4.74 Å². The maximum absolute atomic E-state index is 5.86. The molecule has 2 fully saturated rings. The normalized spacial score (nSPS) is 33.2. The van der Waals surface area contributed by atoms with Crippen molar-refractivity contribution in [2.45, 2.75) is 57.7 Å². The minimum Gasteiger partial charge on any atom is -0.361 e. The smallest absolute Gasteiger partial charge is 0.118 e. The molecule has 2 nitrogen and oxygen atoms in total. The second kappa shape index (κ2) is 3.58. The highest BCUT2D eigenvalue weighted by molar-refractivity contribution is 4.93. The van der Waals surface area contributed by atoms with Crippen LogP contribution in [0.1, 0.15) is 46.0 Å². The maximum atomic E-state index is 5.86. The van der Waals surface area contributed by atoms with Gasteiger partial charge in [0.15, 0.2) is 0 Å². The Morgan fingerprint density at radius 3 is 2.46 bits per heavy atom. The fourth-order valence-electron chi connectivity index (χ4n) is 2.34. The zero-order chi connectivity index (χ0) is 9.31. The highest BCUT2D eigenvalue weighted by atomic mass is 16.5. The molecule has 2 rings (SSSR count). The maximum Gasteiger partial charge on any atom is 0.118 e. The predicted molar refractivity (Wildman–Crippen MR) is 53.5 cm³/mol. The Labute approximate surface area is 81.0 Å². The van der Waals surface area contributed by atoms with Crippen molar-refractivity contribution in [3.63, 3.8) is 0 Å². The molecule has 1 unspecified atom stereocenters. The van der Waals surface area contributed by atoms with Crippen LogP contribution in [0.2, 0.25) is 0 Å². The van der Waals surface area contributed by atoms with Crippen molar-refractivity contribution in [2.75, 3.05) is 6.61 Å². The van der Waals surface area contributed by atoms with E-state index in [2.05, 4.69) is 19.2 Å². The third-order valence-electron chi connectivity index (χ3n) is 3.59. The average molecular weight is 183 g/mol. The van der Waals surface area contributed by atoms with Gasteiger partial charge in [-0.15, -0.1) is 0 Å². The van der Waals surface area contributed by atoms with E-state index in [1.807, 2.05) is 0 Å². The van der Waals surface area contributed by atoms with Gasteiger partial charge in [0.05, 0.1) is 6.61 Å². The molecule has 1 saturated carbocycles. The first-order chi connectivity index (χ1) is 6.29. The molecule has 0 aromatic heterocycles. The highest BCUT2D eigenvalue weighted by Gasteiger charge is 2.40. The van der Waals surface area contributed by atoms with Crippen LogP contribution >= 0.6 is 0 Å². The largest absolute Gasteiger partial charge is 0.361 e. The lowest BCUT2D eigenvalue weighted by Crippen LogP contribution is -2.56. The van der Waals surface area contributed by atoms with Crippen molar-refractivity contribution in [1.29, 1.82) is 0 Å². The third kappa shape index (κ3) is 1.89. The Morgan fingerprint density at radius 1 is 1.23 bits per heavy atom. The van der Waals surface area contributed by atoms with Crippen molar-refractivity contribution < 1.29 is 4.74 Å². The number of hydrogen-bond acceptors (Lipinski definition) is 2. The summed E-state index contributed by atoms with van der Waals surface area (Å²) in [5, 5.41) is 3.71. The van der Waals surface area contributed by atoms with Crippen LogP contribution in [-0.2, 0) is 4.74 Å². The van der Waals surface area contributed by atoms with Gasteiger partial charge >= 0.3 is 0 Å². The van der Waals surface area contributed by atoms with E-state index in [-0.39, 0.29) is 5.72 Å². The Hall–Kier alpha value is -0.0800. The first-order valence-corrected chi connectivity index (χ1v) is 5.71. The zero-order valence-electron chi connectivity index (χ0n) is 8.81. The van der Waals surface area contributed by atoms with Gasteiger partial charge in [-0.05, 0) is 38.0 Å². The summed E-state index contributed by atoms with van der Waals surface area (Å²) in [4.78, 5) is 0.